The molecule has 0 amide bonds. The molecule has 1 aromatic heterocycles. The van der Waals surface area contributed by atoms with Crippen LogP contribution in [0.2, 0.25) is 0 Å². The predicted molar refractivity (Wildman–Crippen MR) is 81.9 cm³/mol. The van der Waals surface area contributed by atoms with E-state index in [1.807, 2.05) is 38.2 Å². The lowest BCUT2D eigenvalue weighted by molar-refractivity contribution is 0.428. The number of nitrogens with two attached hydrogens (primary N) is 1. The Kier molecular flexibility index (Phi) is 4.34. The lowest BCUT2D eigenvalue weighted by atomic mass is 10.2. The molecule has 0 aliphatic carbocycles. The molecular weight excluding hydrogens is 272 g/mol. The molecule has 0 spiro atoms. The Balaban J connectivity index is 2.43. The van der Waals surface area contributed by atoms with Crippen LogP contribution < -0.4 is 10.5 Å². The zero-order valence-electron chi connectivity index (χ0n) is 11.8. The lowest BCUT2D eigenvalue weighted by Crippen LogP contribution is -2.14. The molecule has 0 atom stereocenters. The second kappa shape index (κ2) is 6.00. The maximum atomic E-state index is 7.78. The maximum Gasteiger partial charge on any atom is 0.217 e. The third-order valence-electron chi connectivity index (χ3n) is 2.73. The third-order valence-corrected chi connectivity index (χ3v) is 3.67. The van der Waals surface area contributed by atoms with Gasteiger partial charge >= 0.3 is 0 Å². The van der Waals surface area contributed by atoms with Gasteiger partial charge in [0.2, 0.25) is 5.88 Å². The van der Waals surface area contributed by atoms with E-state index in [9.17, 15) is 0 Å². The van der Waals surface area contributed by atoms with Crippen molar-refractivity contribution in [1.82, 2.24) is 9.78 Å². The minimum Gasteiger partial charge on any atom is -0.438 e. The summed E-state index contributed by atoms with van der Waals surface area (Å²) in [5.41, 5.74) is 7.23. The predicted octanol–water partition coefficient (Wildman–Crippen LogP) is 2.92. The van der Waals surface area contributed by atoms with E-state index in [1.165, 1.54) is 0 Å². The highest BCUT2D eigenvalue weighted by molar-refractivity contribution is 7.99. The van der Waals surface area contributed by atoms with Crippen molar-refractivity contribution in [3.05, 3.63) is 35.5 Å². The molecule has 20 heavy (non-hydrogen) atoms. The minimum atomic E-state index is 0.00967. The second-order valence-electron chi connectivity index (χ2n) is 4.33. The number of ether oxygens (including phenoxy) is 1. The lowest BCUT2D eigenvalue weighted by Gasteiger charge is -2.13. The highest BCUT2D eigenvalue weighted by atomic mass is 32.2. The van der Waals surface area contributed by atoms with Crippen molar-refractivity contribution in [2.24, 2.45) is 12.8 Å². The molecule has 0 unspecified atom stereocenters. The van der Waals surface area contributed by atoms with Crippen LogP contribution >= 0.6 is 11.8 Å². The Bertz CT molecular complexity index is 636. The van der Waals surface area contributed by atoms with Crippen LogP contribution in [0.4, 0.5) is 0 Å². The molecule has 0 saturated heterocycles. The van der Waals surface area contributed by atoms with Crippen molar-refractivity contribution < 1.29 is 4.74 Å². The molecule has 2 aromatic rings. The number of aromatic nitrogens is 2. The number of hydrogen-bond acceptors (Lipinski definition) is 4. The van der Waals surface area contributed by atoms with E-state index < -0.39 is 0 Å². The maximum absolute atomic E-state index is 7.78. The molecule has 2 rings (SSSR count). The fourth-order valence-electron chi connectivity index (χ4n) is 1.93. The number of nitrogens with zero attached hydrogens (tertiary/aromatic N) is 2. The number of amidine groups is 1. The van der Waals surface area contributed by atoms with Gasteiger partial charge in [-0.2, -0.15) is 5.10 Å². The smallest absolute Gasteiger partial charge is 0.217 e. The average Bonchev–Trinajstić information content (AvgIpc) is 2.68. The highest BCUT2D eigenvalue weighted by Gasteiger charge is 2.15. The number of rotatable bonds is 5. The number of nitrogens with one attached hydrogen (secondary N) is 1. The largest absolute Gasteiger partial charge is 0.438 e. The van der Waals surface area contributed by atoms with Gasteiger partial charge < -0.3 is 10.5 Å². The van der Waals surface area contributed by atoms with Crippen LogP contribution in [0.1, 0.15) is 18.2 Å². The molecule has 1 aromatic carbocycles. The zero-order chi connectivity index (χ0) is 14.7. The van der Waals surface area contributed by atoms with Gasteiger partial charge in [0.05, 0.1) is 11.3 Å². The van der Waals surface area contributed by atoms with Crippen LogP contribution in [0.15, 0.2) is 29.2 Å². The van der Waals surface area contributed by atoms with E-state index >= 15 is 0 Å². The summed E-state index contributed by atoms with van der Waals surface area (Å²) in [5.74, 6) is 2.13. The monoisotopic (exact) mass is 290 g/mol. The van der Waals surface area contributed by atoms with Crippen LogP contribution in [0, 0.1) is 12.3 Å². The molecule has 1 heterocycles. The number of benzene rings is 1. The van der Waals surface area contributed by atoms with Crippen LogP contribution in [0.3, 0.4) is 0 Å². The highest BCUT2D eigenvalue weighted by Crippen LogP contribution is 2.32. The summed E-state index contributed by atoms with van der Waals surface area (Å²) in [5, 5.41) is 12.0. The van der Waals surface area contributed by atoms with E-state index in [-0.39, 0.29) is 5.84 Å². The van der Waals surface area contributed by atoms with E-state index in [0.29, 0.717) is 17.2 Å². The molecule has 5 nitrogen and oxygen atoms in total. The fraction of sp³-hybridized carbons (Fsp3) is 0.286. The number of aryl methyl sites for hydroxylation is 2. The fourth-order valence-corrected chi connectivity index (χ4v) is 2.77. The van der Waals surface area contributed by atoms with Crippen molar-refractivity contribution in [3.63, 3.8) is 0 Å². The summed E-state index contributed by atoms with van der Waals surface area (Å²) in [6.45, 7) is 3.97. The molecule has 0 radical (unpaired) electrons. The summed E-state index contributed by atoms with van der Waals surface area (Å²) >= 11 is 1.64. The second-order valence-corrected chi connectivity index (χ2v) is 5.63. The Morgan fingerprint density at radius 1 is 1.50 bits per heavy atom. The SMILES string of the molecule is CCSc1cccc(Oc2cc(C)nn2C)c1C(=N)N. The van der Waals surface area contributed by atoms with Crippen molar-refractivity contribution >= 4 is 17.6 Å². The first-order valence-corrected chi connectivity index (χ1v) is 7.30. The van der Waals surface area contributed by atoms with Gasteiger partial charge in [-0.15, -0.1) is 11.8 Å². The van der Waals surface area contributed by atoms with Gasteiger partial charge in [0.1, 0.15) is 11.6 Å². The van der Waals surface area contributed by atoms with Crippen molar-refractivity contribution in [2.75, 3.05) is 5.75 Å². The van der Waals surface area contributed by atoms with Gasteiger partial charge in [-0.1, -0.05) is 13.0 Å². The first-order valence-electron chi connectivity index (χ1n) is 6.31. The van der Waals surface area contributed by atoms with Crippen LogP contribution in [-0.2, 0) is 7.05 Å². The van der Waals surface area contributed by atoms with Crippen molar-refractivity contribution in [2.45, 2.75) is 18.7 Å². The third kappa shape index (κ3) is 2.96. The Morgan fingerprint density at radius 3 is 2.80 bits per heavy atom. The number of thioether (sulfide) groups is 1. The Labute approximate surface area is 122 Å². The van der Waals surface area contributed by atoms with Crippen molar-refractivity contribution in [3.8, 4) is 11.6 Å². The Morgan fingerprint density at radius 2 is 2.25 bits per heavy atom. The zero-order valence-corrected chi connectivity index (χ0v) is 12.6. The molecule has 106 valence electrons. The molecule has 0 fully saturated rings. The first-order chi connectivity index (χ1) is 9.52. The van der Waals surface area contributed by atoms with E-state index in [1.54, 1.807) is 16.4 Å². The van der Waals surface area contributed by atoms with Crippen molar-refractivity contribution in [1.29, 1.82) is 5.41 Å². The quantitative estimate of drug-likeness (QED) is 0.504. The van der Waals surface area contributed by atoms with E-state index in [4.69, 9.17) is 15.9 Å². The van der Waals surface area contributed by atoms with E-state index in [2.05, 4.69) is 12.0 Å². The van der Waals surface area contributed by atoms with Gasteiger partial charge in [-0.05, 0) is 24.8 Å². The summed E-state index contributed by atoms with van der Waals surface area (Å²) in [6.07, 6.45) is 0. The minimum absolute atomic E-state index is 0.00967. The summed E-state index contributed by atoms with van der Waals surface area (Å²) < 4.78 is 7.54. The van der Waals surface area contributed by atoms with Gasteiger partial charge in [-0.3, -0.25) is 5.41 Å². The van der Waals surface area contributed by atoms with Gasteiger partial charge in [0, 0.05) is 18.0 Å². The molecule has 0 aliphatic rings. The normalized spacial score (nSPS) is 10.6. The molecule has 0 saturated carbocycles. The number of hydrogen-bond donors (Lipinski definition) is 2. The van der Waals surface area contributed by atoms with Gasteiger partial charge in [-0.25, -0.2) is 4.68 Å². The van der Waals surface area contributed by atoms with Crippen LogP contribution in [-0.4, -0.2) is 21.4 Å². The molecule has 6 heteroatoms. The van der Waals surface area contributed by atoms with Gasteiger partial charge in [0.25, 0.3) is 0 Å². The van der Waals surface area contributed by atoms with Crippen LogP contribution in [0.5, 0.6) is 11.6 Å². The molecule has 0 bridgehead atoms. The summed E-state index contributed by atoms with van der Waals surface area (Å²) in [7, 11) is 1.82. The molecular formula is C14H18N4OS. The molecule has 0 aliphatic heterocycles. The summed E-state index contributed by atoms with van der Waals surface area (Å²) in [6, 6.07) is 7.53. The van der Waals surface area contributed by atoms with Crippen LogP contribution in [0.25, 0.3) is 0 Å². The topological polar surface area (TPSA) is 76.9 Å². The first kappa shape index (κ1) is 14.5. The molecule has 3 N–H and O–H groups in total. The number of nitrogen functional groups attached to an aromatic ring is 1. The van der Waals surface area contributed by atoms with E-state index in [0.717, 1.165) is 16.3 Å². The van der Waals surface area contributed by atoms with Gasteiger partial charge in [0.15, 0.2) is 0 Å². The summed E-state index contributed by atoms with van der Waals surface area (Å²) in [4.78, 5) is 0.955. The average molecular weight is 290 g/mol. The standard InChI is InChI=1S/C14H18N4OS/c1-4-20-11-7-5-6-10(13(11)14(15)16)19-12-8-9(2)17-18(12)3/h5-8H,4H2,1-3H3,(H3,15,16). The Hall–Kier alpha value is -1.95.